The summed E-state index contributed by atoms with van der Waals surface area (Å²) in [5, 5.41) is 0. The Kier molecular flexibility index (Phi) is 6.23. The lowest BCUT2D eigenvalue weighted by molar-refractivity contribution is -0.135. The molecule has 1 aromatic carbocycles. The van der Waals surface area contributed by atoms with Crippen molar-refractivity contribution in [3.05, 3.63) is 29.8 Å². The Labute approximate surface area is 157 Å². The molecule has 0 radical (unpaired) electrons. The summed E-state index contributed by atoms with van der Waals surface area (Å²) in [4.78, 5) is 15.2. The first-order valence-electron chi connectivity index (χ1n) is 10.1. The smallest absolute Gasteiger partial charge is 0.223 e. The van der Waals surface area contributed by atoms with Crippen LogP contribution in [0.25, 0.3) is 0 Å². The molecule has 2 fully saturated rings. The Morgan fingerprint density at radius 1 is 1.27 bits per heavy atom. The number of benzene rings is 1. The summed E-state index contributed by atoms with van der Waals surface area (Å²) >= 11 is 0. The van der Waals surface area contributed by atoms with E-state index >= 15 is 0 Å². The van der Waals surface area contributed by atoms with Crippen molar-refractivity contribution in [2.45, 2.75) is 63.9 Å². The van der Waals surface area contributed by atoms with E-state index in [0.29, 0.717) is 24.9 Å². The number of likely N-dealkylation sites (tertiary alicyclic amines) is 1. The van der Waals surface area contributed by atoms with E-state index in [4.69, 9.17) is 9.47 Å². The molecule has 0 aliphatic carbocycles. The lowest BCUT2D eigenvalue weighted by atomic mass is 9.68. The Balaban J connectivity index is 1.92. The van der Waals surface area contributed by atoms with Crippen LogP contribution in [0.2, 0.25) is 0 Å². The Morgan fingerprint density at radius 2 is 2.00 bits per heavy atom. The zero-order valence-corrected chi connectivity index (χ0v) is 16.5. The number of methoxy groups -OCH3 is 1. The quantitative estimate of drug-likeness (QED) is 0.792. The molecule has 2 saturated heterocycles. The molecule has 0 unspecified atom stereocenters. The summed E-state index contributed by atoms with van der Waals surface area (Å²) in [6.45, 7) is 6.93. The summed E-state index contributed by atoms with van der Waals surface area (Å²) < 4.78 is 11.7. The maximum absolute atomic E-state index is 13.2. The average Bonchev–Trinajstić information content (AvgIpc) is 2.68. The largest absolute Gasteiger partial charge is 0.496 e. The van der Waals surface area contributed by atoms with Crippen LogP contribution in [0.3, 0.4) is 0 Å². The summed E-state index contributed by atoms with van der Waals surface area (Å²) in [6, 6.07) is 8.22. The van der Waals surface area contributed by atoms with E-state index in [2.05, 4.69) is 30.9 Å². The van der Waals surface area contributed by atoms with Crippen LogP contribution >= 0.6 is 0 Å². The van der Waals surface area contributed by atoms with E-state index < -0.39 is 0 Å². The van der Waals surface area contributed by atoms with Crippen LogP contribution in [0.4, 0.5) is 0 Å². The van der Waals surface area contributed by atoms with Gasteiger partial charge < -0.3 is 14.4 Å². The maximum Gasteiger partial charge on any atom is 0.223 e. The van der Waals surface area contributed by atoms with E-state index in [1.165, 1.54) is 12.0 Å². The van der Waals surface area contributed by atoms with Crippen molar-refractivity contribution in [2.75, 3.05) is 26.8 Å². The second-order valence-corrected chi connectivity index (χ2v) is 8.21. The molecule has 1 amide bonds. The highest BCUT2D eigenvalue weighted by molar-refractivity contribution is 5.78. The number of hydrogen-bond acceptors (Lipinski definition) is 3. The molecular formula is C22H33NO3. The summed E-state index contributed by atoms with van der Waals surface area (Å²) in [5.74, 6) is 1.62. The van der Waals surface area contributed by atoms with Crippen LogP contribution in [0.5, 0.6) is 5.75 Å². The molecule has 26 heavy (non-hydrogen) atoms. The van der Waals surface area contributed by atoms with Crippen LogP contribution < -0.4 is 4.74 Å². The third-order valence-electron chi connectivity index (χ3n) is 6.12. The van der Waals surface area contributed by atoms with Gasteiger partial charge in [-0.15, -0.1) is 0 Å². The van der Waals surface area contributed by atoms with Gasteiger partial charge >= 0.3 is 0 Å². The van der Waals surface area contributed by atoms with Gasteiger partial charge in [-0.05, 0) is 44.1 Å². The van der Waals surface area contributed by atoms with Crippen LogP contribution in [0, 0.1) is 5.92 Å². The molecular weight excluding hydrogens is 326 g/mol. The fraction of sp³-hybridized carbons (Fsp3) is 0.682. The van der Waals surface area contributed by atoms with Gasteiger partial charge in [0.1, 0.15) is 5.75 Å². The van der Waals surface area contributed by atoms with Crippen molar-refractivity contribution in [1.82, 2.24) is 4.90 Å². The second-order valence-electron chi connectivity index (χ2n) is 8.21. The van der Waals surface area contributed by atoms with Gasteiger partial charge in [0.15, 0.2) is 0 Å². The Hall–Kier alpha value is -1.55. The summed E-state index contributed by atoms with van der Waals surface area (Å²) in [7, 11) is 1.72. The van der Waals surface area contributed by atoms with Gasteiger partial charge in [-0.1, -0.05) is 32.0 Å². The fourth-order valence-corrected chi connectivity index (χ4v) is 4.51. The van der Waals surface area contributed by atoms with E-state index in [9.17, 15) is 4.79 Å². The highest BCUT2D eigenvalue weighted by atomic mass is 16.5. The molecule has 0 saturated carbocycles. The minimum atomic E-state index is -0.200. The second kappa shape index (κ2) is 8.43. The first-order chi connectivity index (χ1) is 12.6. The minimum Gasteiger partial charge on any atom is -0.496 e. The van der Waals surface area contributed by atoms with Gasteiger partial charge in [0.2, 0.25) is 5.91 Å². The van der Waals surface area contributed by atoms with Gasteiger partial charge in [-0.25, -0.2) is 0 Å². The molecule has 4 nitrogen and oxygen atoms in total. The number of ether oxygens (including phenoxy) is 2. The molecule has 0 N–H and O–H groups in total. The third kappa shape index (κ3) is 4.06. The van der Waals surface area contributed by atoms with Crippen molar-refractivity contribution < 1.29 is 14.3 Å². The van der Waals surface area contributed by atoms with E-state index in [-0.39, 0.29) is 11.5 Å². The van der Waals surface area contributed by atoms with Crippen molar-refractivity contribution in [3.63, 3.8) is 0 Å². The van der Waals surface area contributed by atoms with E-state index in [0.717, 1.165) is 44.5 Å². The van der Waals surface area contributed by atoms with Crippen LogP contribution in [0.15, 0.2) is 24.3 Å². The van der Waals surface area contributed by atoms with Gasteiger partial charge in [0.05, 0.1) is 13.2 Å². The maximum atomic E-state index is 13.2. The molecule has 0 aromatic heterocycles. The van der Waals surface area contributed by atoms with E-state index in [1.807, 2.05) is 12.1 Å². The Morgan fingerprint density at radius 3 is 2.69 bits per heavy atom. The number of rotatable bonds is 5. The molecule has 0 bridgehead atoms. The van der Waals surface area contributed by atoms with Gasteiger partial charge in [-0.2, -0.15) is 0 Å². The number of piperidine rings is 1. The third-order valence-corrected chi connectivity index (χ3v) is 6.12. The molecule has 1 aromatic rings. The van der Waals surface area contributed by atoms with Gasteiger partial charge in [0, 0.05) is 37.1 Å². The monoisotopic (exact) mass is 359 g/mol. The lowest BCUT2D eigenvalue weighted by Crippen LogP contribution is -2.46. The average molecular weight is 360 g/mol. The molecule has 3 rings (SSSR count). The number of carbonyl (C=O) groups excluding carboxylic acids is 1. The highest BCUT2D eigenvalue weighted by Crippen LogP contribution is 2.45. The van der Waals surface area contributed by atoms with Crippen molar-refractivity contribution in [2.24, 2.45) is 5.92 Å². The van der Waals surface area contributed by atoms with Crippen LogP contribution in [-0.2, 0) is 14.9 Å². The molecule has 0 spiro atoms. The SMILES string of the molecule is COc1ccccc1[C@@]1(CC(=O)N2CCCCC2)CCO[C@H](C(C)C)C1. The fourth-order valence-electron chi connectivity index (χ4n) is 4.51. The summed E-state index contributed by atoms with van der Waals surface area (Å²) in [5.41, 5.74) is 0.968. The first kappa shape index (κ1) is 19.2. The normalized spacial score (nSPS) is 26.8. The highest BCUT2D eigenvalue weighted by Gasteiger charge is 2.43. The Bertz CT molecular complexity index is 609. The van der Waals surface area contributed by atoms with Crippen molar-refractivity contribution in [1.29, 1.82) is 0 Å². The molecule has 2 aliphatic heterocycles. The molecule has 2 aliphatic rings. The number of para-hydroxylation sites is 1. The lowest BCUT2D eigenvalue weighted by Gasteiger charge is -2.44. The summed E-state index contributed by atoms with van der Waals surface area (Å²) in [6.07, 6.45) is 5.99. The molecule has 144 valence electrons. The first-order valence-corrected chi connectivity index (χ1v) is 10.1. The number of amides is 1. The zero-order valence-electron chi connectivity index (χ0n) is 16.5. The predicted molar refractivity (Wildman–Crippen MR) is 104 cm³/mol. The van der Waals surface area contributed by atoms with Crippen LogP contribution in [-0.4, -0.2) is 43.7 Å². The van der Waals surface area contributed by atoms with Crippen molar-refractivity contribution in [3.8, 4) is 5.75 Å². The van der Waals surface area contributed by atoms with Gasteiger partial charge in [0.25, 0.3) is 0 Å². The molecule has 4 heteroatoms. The molecule has 2 heterocycles. The standard InChI is InChI=1S/C22H33NO3/c1-17(2)20-15-22(11-14-26-20,18-9-5-6-10-19(18)25-3)16-21(24)23-12-7-4-8-13-23/h5-6,9-10,17,20H,4,7-8,11-16H2,1-3H3/t20-,22-/m0/s1. The van der Waals surface area contributed by atoms with E-state index in [1.54, 1.807) is 7.11 Å². The zero-order chi connectivity index (χ0) is 18.6. The van der Waals surface area contributed by atoms with Crippen LogP contribution in [0.1, 0.15) is 57.9 Å². The van der Waals surface area contributed by atoms with Gasteiger partial charge in [-0.3, -0.25) is 4.79 Å². The van der Waals surface area contributed by atoms with Crippen molar-refractivity contribution >= 4 is 5.91 Å². The number of nitrogens with zero attached hydrogens (tertiary/aromatic N) is 1. The topological polar surface area (TPSA) is 38.8 Å². The number of hydrogen-bond donors (Lipinski definition) is 0. The number of carbonyl (C=O) groups is 1. The minimum absolute atomic E-state index is 0.183. The predicted octanol–water partition coefficient (Wildman–Crippen LogP) is 4.17. The molecule has 2 atom stereocenters.